The maximum Gasteiger partial charge on any atom is 0.270 e. The fourth-order valence-corrected chi connectivity index (χ4v) is 2.72. The molecule has 0 radical (unpaired) electrons. The predicted octanol–water partition coefficient (Wildman–Crippen LogP) is 4.45. The Kier molecular flexibility index (Phi) is 4.81. The van der Waals surface area contributed by atoms with Crippen molar-refractivity contribution in [3.05, 3.63) is 88.7 Å². The third-order valence-corrected chi connectivity index (χ3v) is 4.07. The van der Waals surface area contributed by atoms with Crippen LogP contribution in [0.25, 0.3) is 28.6 Å². The fourth-order valence-electron chi connectivity index (χ4n) is 2.72. The molecule has 4 rings (SSSR count). The molecule has 0 atom stereocenters. The molecule has 0 saturated carbocycles. The second kappa shape index (κ2) is 7.73. The molecule has 0 aliphatic heterocycles. The van der Waals surface area contributed by atoms with Crippen LogP contribution in [0.15, 0.2) is 77.5 Å². The van der Waals surface area contributed by atoms with E-state index in [4.69, 9.17) is 4.42 Å². The Bertz CT molecular complexity index is 1230. The number of aromatic nitrogens is 2. The molecule has 0 spiro atoms. The lowest BCUT2D eigenvalue weighted by molar-refractivity contribution is -0.384. The molecule has 8 nitrogen and oxygen atoms in total. The van der Waals surface area contributed by atoms with Gasteiger partial charge in [-0.05, 0) is 42.0 Å². The van der Waals surface area contributed by atoms with Gasteiger partial charge in [0.2, 0.25) is 11.8 Å². The second-order valence-electron chi connectivity index (χ2n) is 6.12. The Morgan fingerprint density at radius 2 is 2.03 bits per heavy atom. The molecule has 142 valence electrons. The number of nitro groups is 1. The van der Waals surface area contributed by atoms with Crippen LogP contribution in [0.2, 0.25) is 0 Å². The van der Waals surface area contributed by atoms with Gasteiger partial charge < -0.3 is 9.73 Å². The molecule has 1 N–H and O–H groups in total. The van der Waals surface area contributed by atoms with Crippen LogP contribution in [0.4, 0.5) is 11.4 Å². The molecule has 0 fully saturated rings. The summed E-state index contributed by atoms with van der Waals surface area (Å²) in [5.74, 6) is 0.0778. The van der Waals surface area contributed by atoms with Gasteiger partial charge >= 0.3 is 0 Å². The second-order valence-corrected chi connectivity index (χ2v) is 6.12. The van der Waals surface area contributed by atoms with Crippen molar-refractivity contribution in [2.45, 2.75) is 0 Å². The van der Waals surface area contributed by atoms with E-state index in [0.29, 0.717) is 28.2 Å². The monoisotopic (exact) mass is 386 g/mol. The number of non-ortho nitro benzene ring substituents is 1. The first kappa shape index (κ1) is 18.1. The summed E-state index contributed by atoms with van der Waals surface area (Å²) >= 11 is 0. The topological polar surface area (TPSA) is 111 Å². The smallest absolute Gasteiger partial charge is 0.270 e. The number of nitrogens with one attached hydrogen (secondary N) is 1. The zero-order valence-electron chi connectivity index (χ0n) is 15.0. The molecule has 2 aromatic heterocycles. The molecule has 0 bridgehead atoms. The number of fused-ring (bicyclic) bond motifs is 1. The minimum absolute atomic E-state index is 0.0338. The minimum Gasteiger partial charge on any atom is -0.436 e. The van der Waals surface area contributed by atoms with Gasteiger partial charge in [-0.2, -0.15) is 0 Å². The molecular formula is C21H14N4O4. The first-order chi connectivity index (χ1) is 14.1. The number of hydrogen-bond acceptors (Lipinski definition) is 6. The minimum atomic E-state index is -0.482. The first-order valence-corrected chi connectivity index (χ1v) is 8.63. The number of nitro benzene ring substituents is 1. The molecule has 0 unspecified atom stereocenters. The molecule has 0 aliphatic carbocycles. The van der Waals surface area contributed by atoms with Crippen LogP contribution in [-0.4, -0.2) is 20.8 Å². The number of carbonyl (C=O) groups is 1. The average molecular weight is 386 g/mol. The van der Waals surface area contributed by atoms with Crippen molar-refractivity contribution in [2.24, 2.45) is 0 Å². The van der Waals surface area contributed by atoms with Crippen LogP contribution in [-0.2, 0) is 4.79 Å². The standard InChI is InChI=1S/C21H14N4O4/c26-20(9-6-14-3-1-5-17(11-14)25(27)28)23-16-7-8-19-18(12-16)24-21(29-19)15-4-2-10-22-13-15/h1-13H,(H,23,26). The summed E-state index contributed by atoms with van der Waals surface area (Å²) in [6.07, 6.45) is 6.15. The third kappa shape index (κ3) is 4.16. The van der Waals surface area contributed by atoms with Crippen LogP contribution >= 0.6 is 0 Å². The number of benzene rings is 2. The maximum atomic E-state index is 12.2. The highest BCUT2D eigenvalue weighted by Crippen LogP contribution is 2.25. The quantitative estimate of drug-likeness (QED) is 0.308. The summed E-state index contributed by atoms with van der Waals surface area (Å²) in [6.45, 7) is 0. The average Bonchev–Trinajstić information content (AvgIpc) is 3.16. The van der Waals surface area contributed by atoms with E-state index in [1.807, 2.05) is 6.07 Å². The zero-order chi connectivity index (χ0) is 20.2. The highest BCUT2D eigenvalue weighted by molar-refractivity contribution is 6.02. The zero-order valence-corrected chi connectivity index (χ0v) is 15.0. The summed E-state index contributed by atoms with van der Waals surface area (Å²) in [6, 6.07) is 14.8. The van der Waals surface area contributed by atoms with Crippen molar-refractivity contribution in [3.8, 4) is 11.5 Å². The van der Waals surface area contributed by atoms with Crippen LogP contribution in [0, 0.1) is 10.1 Å². The van der Waals surface area contributed by atoms with Gasteiger partial charge in [-0.25, -0.2) is 4.98 Å². The molecule has 8 heteroatoms. The van der Waals surface area contributed by atoms with Crippen LogP contribution < -0.4 is 5.32 Å². The lowest BCUT2D eigenvalue weighted by Gasteiger charge is -2.01. The van der Waals surface area contributed by atoms with Crippen molar-refractivity contribution in [1.82, 2.24) is 9.97 Å². The SMILES string of the molecule is O=C(C=Cc1cccc([N+](=O)[O-])c1)Nc1ccc2oc(-c3cccnc3)nc2c1. The van der Waals surface area contributed by atoms with E-state index < -0.39 is 4.92 Å². The van der Waals surface area contributed by atoms with Gasteiger partial charge in [0.1, 0.15) is 5.52 Å². The number of nitrogens with zero attached hydrogens (tertiary/aromatic N) is 3. The van der Waals surface area contributed by atoms with Crippen molar-refractivity contribution in [2.75, 3.05) is 5.32 Å². The summed E-state index contributed by atoms with van der Waals surface area (Å²) < 4.78 is 5.72. The van der Waals surface area contributed by atoms with Gasteiger partial charge in [-0.1, -0.05) is 12.1 Å². The van der Waals surface area contributed by atoms with Crippen molar-refractivity contribution < 1.29 is 14.1 Å². The van der Waals surface area contributed by atoms with E-state index in [1.165, 1.54) is 24.3 Å². The summed E-state index contributed by atoms with van der Waals surface area (Å²) in [7, 11) is 0. The highest BCUT2D eigenvalue weighted by atomic mass is 16.6. The summed E-state index contributed by atoms with van der Waals surface area (Å²) in [5.41, 5.74) is 3.03. The van der Waals surface area contributed by atoms with E-state index in [9.17, 15) is 14.9 Å². The van der Waals surface area contributed by atoms with Gasteiger partial charge in [0, 0.05) is 36.3 Å². The molecule has 29 heavy (non-hydrogen) atoms. The largest absolute Gasteiger partial charge is 0.436 e. The molecule has 4 aromatic rings. The van der Waals surface area contributed by atoms with Gasteiger partial charge in [-0.15, -0.1) is 0 Å². The molecule has 0 aliphatic rings. The molecule has 2 aromatic carbocycles. The number of hydrogen-bond donors (Lipinski definition) is 1. The third-order valence-electron chi connectivity index (χ3n) is 4.07. The van der Waals surface area contributed by atoms with E-state index in [-0.39, 0.29) is 11.6 Å². The Balaban J connectivity index is 1.49. The molecule has 2 heterocycles. The van der Waals surface area contributed by atoms with Crippen LogP contribution in [0.5, 0.6) is 0 Å². The van der Waals surface area contributed by atoms with Crippen molar-refractivity contribution in [3.63, 3.8) is 0 Å². The van der Waals surface area contributed by atoms with Crippen molar-refractivity contribution in [1.29, 1.82) is 0 Å². The van der Waals surface area contributed by atoms with Gasteiger partial charge in [0.25, 0.3) is 5.69 Å². The van der Waals surface area contributed by atoms with E-state index in [0.717, 1.165) is 5.56 Å². The summed E-state index contributed by atoms with van der Waals surface area (Å²) in [5, 5.41) is 13.6. The molecule has 1 amide bonds. The van der Waals surface area contributed by atoms with E-state index in [1.54, 1.807) is 48.8 Å². The Morgan fingerprint density at radius 3 is 2.83 bits per heavy atom. The molecular weight excluding hydrogens is 372 g/mol. The van der Waals surface area contributed by atoms with Crippen LogP contribution in [0.1, 0.15) is 5.56 Å². The van der Waals surface area contributed by atoms with Gasteiger partial charge in [0.05, 0.1) is 10.5 Å². The molecule has 0 saturated heterocycles. The lowest BCUT2D eigenvalue weighted by Crippen LogP contribution is -2.07. The number of carbonyl (C=O) groups excluding carboxylic acids is 1. The van der Waals surface area contributed by atoms with E-state index in [2.05, 4.69) is 15.3 Å². The number of anilines is 1. The van der Waals surface area contributed by atoms with Gasteiger partial charge in [-0.3, -0.25) is 19.9 Å². The highest BCUT2D eigenvalue weighted by Gasteiger charge is 2.09. The number of oxazole rings is 1. The first-order valence-electron chi connectivity index (χ1n) is 8.63. The van der Waals surface area contributed by atoms with E-state index >= 15 is 0 Å². The predicted molar refractivity (Wildman–Crippen MR) is 108 cm³/mol. The normalized spacial score (nSPS) is 11.0. The van der Waals surface area contributed by atoms with Crippen LogP contribution in [0.3, 0.4) is 0 Å². The number of rotatable bonds is 5. The Morgan fingerprint density at radius 1 is 1.14 bits per heavy atom. The van der Waals surface area contributed by atoms with Crippen molar-refractivity contribution >= 4 is 34.5 Å². The lowest BCUT2D eigenvalue weighted by atomic mass is 10.2. The Labute approximate surface area is 164 Å². The fraction of sp³-hybridized carbons (Fsp3) is 0. The van der Waals surface area contributed by atoms with Gasteiger partial charge in [0.15, 0.2) is 5.58 Å². The summed E-state index contributed by atoms with van der Waals surface area (Å²) in [4.78, 5) is 31.0. The number of pyridine rings is 1. The Hall–Kier alpha value is -4.33. The number of amides is 1. The maximum absolute atomic E-state index is 12.2.